The summed E-state index contributed by atoms with van der Waals surface area (Å²) in [6.07, 6.45) is 10.4. The molecule has 5 heteroatoms. The maximum absolute atomic E-state index is 12.4. The van der Waals surface area contributed by atoms with E-state index in [1.165, 1.54) is 37.0 Å². The van der Waals surface area contributed by atoms with Gasteiger partial charge in [0.15, 0.2) is 0 Å². The molecule has 2 bridgehead atoms. The van der Waals surface area contributed by atoms with Crippen molar-refractivity contribution in [1.29, 1.82) is 0 Å². The molecule has 1 aliphatic heterocycles. The largest absolute Gasteiger partial charge is 0.346 e. The summed E-state index contributed by atoms with van der Waals surface area (Å²) in [7, 11) is 0. The van der Waals surface area contributed by atoms with E-state index in [0.29, 0.717) is 24.1 Å². The van der Waals surface area contributed by atoms with Crippen LogP contribution >= 0.6 is 0 Å². The molecule has 1 aromatic carbocycles. The SMILES string of the molecule is O=C1c2ccccc2C(=O)N1CCc1cnc(CCC2C[C@@H]3CC[C@H]2C3)[nH]1. The van der Waals surface area contributed by atoms with Crippen LogP contribution in [-0.4, -0.2) is 33.2 Å². The summed E-state index contributed by atoms with van der Waals surface area (Å²) < 4.78 is 0. The van der Waals surface area contributed by atoms with Crippen molar-refractivity contribution in [1.82, 2.24) is 14.9 Å². The van der Waals surface area contributed by atoms with Crippen molar-refractivity contribution >= 4 is 11.8 Å². The lowest BCUT2D eigenvalue weighted by molar-refractivity contribution is 0.0656. The van der Waals surface area contributed by atoms with Gasteiger partial charge in [-0.2, -0.15) is 0 Å². The van der Waals surface area contributed by atoms with Crippen LogP contribution in [0.25, 0.3) is 0 Å². The van der Waals surface area contributed by atoms with Crippen LogP contribution in [-0.2, 0) is 12.8 Å². The minimum absolute atomic E-state index is 0.188. The first kappa shape index (κ1) is 16.7. The highest BCUT2D eigenvalue weighted by Crippen LogP contribution is 2.49. The first-order valence-electron chi connectivity index (χ1n) is 10.2. The van der Waals surface area contributed by atoms with Crippen molar-refractivity contribution in [2.45, 2.75) is 44.9 Å². The number of hydrogen-bond donors (Lipinski definition) is 1. The quantitative estimate of drug-likeness (QED) is 0.797. The minimum Gasteiger partial charge on any atom is -0.346 e. The molecule has 0 radical (unpaired) electrons. The van der Waals surface area contributed by atoms with Crippen molar-refractivity contribution < 1.29 is 9.59 Å². The summed E-state index contributed by atoms with van der Waals surface area (Å²) in [6.45, 7) is 0.389. The fraction of sp³-hybridized carbons (Fsp3) is 0.500. The van der Waals surface area contributed by atoms with E-state index in [1.54, 1.807) is 24.3 Å². The van der Waals surface area contributed by atoms with Crippen molar-refractivity contribution in [3.63, 3.8) is 0 Å². The van der Waals surface area contributed by atoms with Gasteiger partial charge in [0.25, 0.3) is 11.8 Å². The second-order valence-electron chi connectivity index (χ2n) is 8.39. The highest BCUT2D eigenvalue weighted by atomic mass is 16.2. The second kappa shape index (κ2) is 6.63. The minimum atomic E-state index is -0.188. The Balaban J connectivity index is 1.16. The van der Waals surface area contributed by atoms with Gasteiger partial charge in [0.05, 0.1) is 11.1 Å². The number of fused-ring (bicyclic) bond motifs is 3. The lowest BCUT2D eigenvalue weighted by atomic mass is 9.85. The Morgan fingerprint density at radius 1 is 1.04 bits per heavy atom. The van der Waals surface area contributed by atoms with Crippen LogP contribution in [0.2, 0.25) is 0 Å². The standard InChI is InChI=1S/C22H25N3O2/c26-21-18-3-1-2-4-19(18)22(27)25(21)10-9-17-13-23-20(24-17)8-7-16-12-14-5-6-15(16)11-14/h1-4,13-16H,5-12H2,(H,23,24)/t14-,15+,16?/m1/s1. The molecule has 0 saturated heterocycles. The van der Waals surface area contributed by atoms with E-state index in [-0.39, 0.29) is 11.8 Å². The molecule has 3 atom stereocenters. The fourth-order valence-corrected chi connectivity index (χ4v) is 5.39. The molecule has 2 aromatic rings. The van der Waals surface area contributed by atoms with Gasteiger partial charge in [0, 0.05) is 31.3 Å². The zero-order valence-corrected chi connectivity index (χ0v) is 15.5. The van der Waals surface area contributed by atoms with Gasteiger partial charge in [0.2, 0.25) is 0 Å². The molecule has 5 nitrogen and oxygen atoms in total. The summed E-state index contributed by atoms with van der Waals surface area (Å²) in [6, 6.07) is 7.04. The van der Waals surface area contributed by atoms with Gasteiger partial charge >= 0.3 is 0 Å². The first-order valence-corrected chi connectivity index (χ1v) is 10.2. The predicted molar refractivity (Wildman–Crippen MR) is 101 cm³/mol. The van der Waals surface area contributed by atoms with Crippen LogP contribution in [0, 0.1) is 17.8 Å². The summed E-state index contributed by atoms with van der Waals surface area (Å²) in [5, 5.41) is 0. The Morgan fingerprint density at radius 3 is 2.48 bits per heavy atom. The Morgan fingerprint density at radius 2 is 1.81 bits per heavy atom. The molecule has 2 saturated carbocycles. The molecule has 5 rings (SSSR count). The molecule has 3 aliphatic rings. The van der Waals surface area contributed by atoms with Crippen LogP contribution in [0.5, 0.6) is 0 Å². The normalized spacial score (nSPS) is 26.2. The lowest BCUT2D eigenvalue weighted by Crippen LogP contribution is -2.31. The van der Waals surface area contributed by atoms with Crippen molar-refractivity contribution in [2.24, 2.45) is 17.8 Å². The highest BCUT2D eigenvalue weighted by Gasteiger charge is 2.39. The van der Waals surface area contributed by atoms with Gasteiger partial charge in [-0.3, -0.25) is 14.5 Å². The third kappa shape index (κ3) is 2.99. The zero-order chi connectivity index (χ0) is 18.4. The van der Waals surface area contributed by atoms with E-state index in [9.17, 15) is 9.59 Å². The number of aryl methyl sites for hydroxylation is 1. The predicted octanol–water partition coefficient (Wildman–Crippen LogP) is 3.62. The number of hydrogen-bond acceptors (Lipinski definition) is 3. The number of carbonyl (C=O) groups excluding carboxylic acids is 2. The van der Waals surface area contributed by atoms with E-state index in [1.807, 2.05) is 6.20 Å². The number of nitrogens with one attached hydrogen (secondary N) is 1. The number of imidazole rings is 1. The summed E-state index contributed by atoms with van der Waals surface area (Å²) in [5.74, 6) is 3.49. The molecule has 140 valence electrons. The Bertz CT molecular complexity index is 852. The Kier molecular flexibility index (Phi) is 4.10. The molecule has 2 aliphatic carbocycles. The smallest absolute Gasteiger partial charge is 0.261 e. The number of rotatable bonds is 6. The van der Waals surface area contributed by atoms with E-state index in [2.05, 4.69) is 9.97 Å². The van der Waals surface area contributed by atoms with Gasteiger partial charge in [0.1, 0.15) is 5.82 Å². The van der Waals surface area contributed by atoms with Gasteiger partial charge in [-0.25, -0.2) is 4.98 Å². The van der Waals surface area contributed by atoms with Gasteiger partial charge in [-0.1, -0.05) is 18.6 Å². The molecule has 2 fully saturated rings. The number of imide groups is 1. The first-order chi connectivity index (χ1) is 13.2. The second-order valence-corrected chi connectivity index (χ2v) is 8.39. The number of carbonyl (C=O) groups is 2. The molecular formula is C22H25N3O2. The monoisotopic (exact) mass is 363 g/mol. The summed E-state index contributed by atoms with van der Waals surface area (Å²) >= 11 is 0. The van der Waals surface area contributed by atoms with Gasteiger partial charge < -0.3 is 4.98 Å². The van der Waals surface area contributed by atoms with Crippen molar-refractivity contribution in [3.05, 3.63) is 53.1 Å². The number of nitrogens with zero attached hydrogens (tertiary/aromatic N) is 2. The number of aromatic nitrogens is 2. The van der Waals surface area contributed by atoms with E-state index in [0.717, 1.165) is 35.7 Å². The third-order valence-corrected chi connectivity index (χ3v) is 6.80. The summed E-state index contributed by atoms with van der Waals surface area (Å²) in [4.78, 5) is 34.1. The Labute approximate surface area is 159 Å². The highest BCUT2D eigenvalue weighted by molar-refractivity contribution is 6.21. The van der Waals surface area contributed by atoms with Crippen LogP contribution in [0.3, 0.4) is 0 Å². The van der Waals surface area contributed by atoms with E-state index >= 15 is 0 Å². The maximum Gasteiger partial charge on any atom is 0.261 e. The van der Waals surface area contributed by atoms with Crippen LogP contribution in [0.1, 0.15) is 64.3 Å². The topological polar surface area (TPSA) is 66.1 Å². The summed E-state index contributed by atoms with van der Waals surface area (Å²) in [5.41, 5.74) is 2.02. The van der Waals surface area contributed by atoms with Crippen LogP contribution in [0.4, 0.5) is 0 Å². The number of aromatic amines is 1. The molecule has 2 heterocycles. The molecule has 2 amide bonds. The molecule has 1 N–H and O–H groups in total. The van der Waals surface area contributed by atoms with E-state index < -0.39 is 0 Å². The average Bonchev–Trinajstić information content (AvgIpc) is 3.45. The molecule has 0 spiro atoms. The van der Waals surface area contributed by atoms with E-state index in [4.69, 9.17) is 0 Å². The van der Waals surface area contributed by atoms with Crippen LogP contribution in [0.15, 0.2) is 30.5 Å². The molecular weight excluding hydrogens is 338 g/mol. The maximum atomic E-state index is 12.4. The lowest BCUT2D eigenvalue weighted by Gasteiger charge is -2.20. The zero-order valence-electron chi connectivity index (χ0n) is 15.5. The number of H-pyrrole nitrogens is 1. The van der Waals surface area contributed by atoms with Gasteiger partial charge in [-0.05, 0) is 55.6 Å². The average molecular weight is 363 g/mol. The van der Waals surface area contributed by atoms with Crippen LogP contribution < -0.4 is 0 Å². The molecule has 1 aromatic heterocycles. The fourth-order valence-electron chi connectivity index (χ4n) is 5.39. The molecule has 1 unspecified atom stereocenters. The number of amides is 2. The molecule has 27 heavy (non-hydrogen) atoms. The third-order valence-electron chi connectivity index (χ3n) is 6.80. The van der Waals surface area contributed by atoms with Crippen molar-refractivity contribution in [2.75, 3.05) is 6.54 Å². The number of benzene rings is 1. The van der Waals surface area contributed by atoms with Crippen molar-refractivity contribution in [3.8, 4) is 0 Å². The Hall–Kier alpha value is -2.43. The van der Waals surface area contributed by atoms with Gasteiger partial charge in [-0.15, -0.1) is 0 Å².